The molecule has 0 aliphatic heterocycles. The summed E-state index contributed by atoms with van der Waals surface area (Å²) in [4.78, 5) is 35.6. The highest BCUT2D eigenvalue weighted by atomic mass is 16.2. The Morgan fingerprint density at radius 3 is 2.04 bits per heavy atom. The largest absolute Gasteiger partial charge is 0.298 e. The third-order valence-corrected chi connectivity index (χ3v) is 4.89. The summed E-state index contributed by atoms with van der Waals surface area (Å²) in [5, 5.41) is 0. The Hall–Kier alpha value is -1.77. The van der Waals surface area contributed by atoms with Gasteiger partial charge in [0.25, 0.3) is 0 Å². The smallest absolute Gasteiger partial charge is 0.150 e. The number of allylic oxidation sites excluding steroid dienone is 6. The molecule has 150 valence electrons. The number of Topliss-reactive ketones (excluding diaryl/α,β-unsaturated/α-hetero) is 3. The molecule has 0 amide bonds. The molecule has 0 bridgehead atoms. The summed E-state index contributed by atoms with van der Waals surface area (Å²) in [6.45, 7) is 2.14. The Kier molecular flexibility index (Phi) is 13.2. The molecular weight excluding hydrogens is 336 g/mol. The predicted octanol–water partition coefficient (Wildman–Crippen LogP) is 6.08. The minimum Gasteiger partial charge on any atom is -0.298 e. The lowest BCUT2D eigenvalue weighted by Crippen LogP contribution is -2.35. The number of carbonyl (C=O) groups excluding carboxylic acids is 3. The number of carbonyl (C=O) groups is 3. The van der Waals surface area contributed by atoms with Crippen molar-refractivity contribution in [2.75, 3.05) is 0 Å². The first-order valence-corrected chi connectivity index (χ1v) is 10.7. The van der Waals surface area contributed by atoms with Gasteiger partial charge in [-0.2, -0.15) is 0 Å². The topological polar surface area (TPSA) is 51.2 Å². The molecule has 0 spiro atoms. The molecule has 0 aromatic carbocycles. The van der Waals surface area contributed by atoms with Crippen LogP contribution < -0.4 is 0 Å². The monoisotopic (exact) mass is 372 g/mol. The summed E-state index contributed by atoms with van der Waals surface area (Å²) in [5.74, 6) is -1.39. The van der Waals surface area contributed by atoms with E-state index in [2.05, 4.69) is 43.4 Å². The van der Waals surface area contributed by atoms with Crippen molar-refractivity contribution in [1.29, 1.82) is 0 Å². The predicted molar refractivity (Wildman–Crippen MR) is 112 cm³/mol. The molecule has 1 aliphatic rings. The van der Waals surface area contributed by atoms with Gasteiger partial charge in [-0.15, -0.1) is 0 Å². The van der Waals surface area contributed by atoms with E-state index in [0.29, 0.717) is 25.7 Å². The second-order valence-corrected chi connectivity index (χ2v) is 7.29. The molecule has 3 nitrogen and oxygen atoms in total. The maximum absolute atomic E-state index is 12.1. The first kappa shape index (κ1) is 23.3. The molecule has 0 aromatic rings. The fraction of sp³-hybridized carbons (Fsp3) is 0.625. The third kappa shape index (κ3) is 10.8. The van der Waals surface area contributed by atoms with Gasteiger partial charge < -0.3 is 0 Å². The zero-order valence-electron chi connectivity index (χ0n) is 17.0. The van der Waals surface area contributed by atoms with Gasteiger partial charge in [0.05, 0.1) is 0 Å². The molecule has 1 aliphatic carbocycles. The Balaban J connectivity index is 1.97. The van der Waals surface area contributed by atoms with Gasteiger partial charge in [0.15, 0.2) is 17.3 Å². The van der Waals surface area contributed by atoms with Gasteiger partial charge in [0.2, 0.25) is 0 Å². The van der Waals surface area contributed by atoms with Crippen molar-refractivity contribution in [3.63, 3.8) is 0 Å². The highest BCUT2D eigenvalue weighted by Crippen LogP contribution is 2.20. The van der Waals surface area contributed by atoms with E-state index in [4.69, 9.17) is 0 Å². The van der Waals surface area contributed by atoms with Crippen LogP contribution in [0.25, 0.3) is 0 Å². The normalized spacial score (nSPS) is 16.3. The van der Waals surface area contributed by atoms with E-state index in [1.165, 1.54) is 6.42 Å². The SMILES string of the molecule is CC/C=C\C/C=C\C/C=C\CCCCCCCC(=O)C1C(=O)CCCC1=O. The first-order chi connectivity index (χ1) is 13.2. The molecule has 0 radical (unpaired) electrons. The number of ketones is 3. The summed E-state index contributed by atoms with van der Waals surface area (Å²) >= 11 is 0. The molecule has 0 saturated heterocycles. The molecule has 0 heterocycles. The first-order valence-electron chi connectivity index (χ1n) is 10.7. The highest BCUT2D eigenvalue weighted by Gasteiger charge is 2.34. The quantitative estimate of drug-likeness (QED) is 0.211. The van der Waals surface area contributed by atoms with E-state index in [-0.39, 0.29) is 17.3 Å². The van der Waals surface area contributed by atoms with E-state index in [0.717, 1.165) is 51.4 Å². The number of hydrogen-bond donors (Lipinski definition) is 0. The van der Waals surface area contributed by atoms with Crippen LogP contribution in [-0.2, 0) is 14.4 Å². The van der Waals surface area contributed by atoms with Crippen molar-refractivity contribution in [3.05, 3.63) is 36.5 Å². The van der Waals surface area contributed by atoms with Gasteiger partial charge in [0, 0.05) is 19.3 Å². The zero-order valence-corrected chi connectivity index (χ0v) is 17.0. The van der Waals surface area contributed by atoms with Gasteiger partial charge in [-0.3, -0.25) is 14.4 Å². The molecule has 1 rings (SSSR count). The van der Waals surface area contributed by atoms with Crippen LogP contribution in [0.2, 0.25) is 0 Å². The van der Waals surface area contributed by atoms with Crippen LogP contribution in [0.1, 0.15) is 90.4 Å². The van der Waals surface area contributed by atoms with Crippen molar-refractivity contribution in [3.8, 4) is 0 Å². The number of hydrogen-bond acceptors (Lipinski definition) is 3. The maximum atomic E-state index is 12.1. The van der Waals surface area contributed by atoms with Gasteiger partial charge in [-0.05, 0) is 44.9 Å². The Morgan fingerprint density at radius 2 is 1.37 bits per heavy atom. The summed E-state index contributed by atoms with van der Waals surface area (Å²) in [6.07, 6.45) is 24.5. The Labute approximate surface area is 165 Å². The molecule has 0 aromatic heterocycles. The van der Waals surface area contributed by atoms with Crippen LogP contribution in [0, 0.1) is 5.92 Å². The van der Waals surface area contributed by atoms with Gasteiger partial charge in [-0.25, -0.2) is 0 Å². The molecule has 27 heavy (non-hydrogen) atoms. The highest BCUT2D eigenvalue weighted by molar-refractivity contribution is 6.20. The van der Waals surface area contributed by atoms with Crippen LogP contribution >= 0.6 is 0 Å². The van der Waals surface area contributed by atoms with Crippen molar-refractivity contribution in [1.82, 2.24) is 0 Å². The number of rotatable bonds is 14. The second kappa shape index (κ2) is 15.3. The van der Waals surface area contributed by atoms with E-state index >= 15 is 0 Å². The molecule has 0 atom stereocenters. The summed E-state index contributed by atoms with van der Waals surface area (Å²) in [7, 11) is 0. The molecule has 3 heteroatoms. The maximum Gasteiger partial charge on any atom is 0.150 e. The van der Waals surface area contributed by atoms with Crippen LogP contribution in [0.3, 0.4) is 0 Å². The van der Waals surface area contributed by atoms with Crippen molar-refractivity contribution < 1.29 is 14.4 Å². The lowest BCUT2D eigenvalue weighted by Gasteiger charge is -2.17. The van der Waals surface area contributed by atoms with Crippen LogP contribution in [-0.4, -0.2) is 17.3 Å². The zero-order chi connectivity index (χ0) is 19.7. The summed E-state index contributed by atoms with van der Waals surface area (Å²) < 4.78 is 0. The van der Waals surface area contributed by atoms with Gasteiger partial charge >= 0.3 is 0 Å². The number of unbranched alkanes of at least 4 members (excludes halogenated alkanes) is 5. The average Bonchev–Trinajstić information content (AvgIpc) is 2.64. The summed E-state index contributed by atoms with van der Waals surface area (Å²) in [6, 6.07) is 0. The molecule has 1 saturated carbocycles. The van der Waals surface area contributed by atoms with Crippen LogP contribution in [0.15, 0.2) is 36.5 Å². The van der Waals surface area contributed by atoms with Crippen molar-refractivity contribution in [2.24, 2.45) is 5.92 Å². The minimum atomic E-state index is -0.930. The minimum absolute atomic E-state index is 0.147. The van der Waals surface area contributed by atoms with E-state index in [1.54, 1.807) is 0 Å². The lowest BCUT2D eigenvalue weighted by atomic mass is 9.82. The second-order valence-electron chi connectivity index (χ2n) is 7.29. The van der Waals surface area contributed by atoms with E-state index in [9.17, 15) is 14.4 Å². The van der Waals surface area contributed by atoms with Crippen molar-refractivity contribution in [2.45, 2.75) is 90.4 Å². The lowest BCUT2D eigenvalue weighted by molar-refractivity contribution is -0.142. The van der Waals surface area contributed by atoms with Crippen molar-refractivity contribution >= 4 is 17.3 Å². The molecule has 0 N–H and O–H groups in total. The Morgan fingerprint density at radius 1 is 0.815 bits per heavy atom. The molecule has 0 unspecified atom stereocenters. The van der Waals surface area contributed by atoms with Crippen LogP contribution in [0.4, 0.5) is 0 Å². The standard InChI is InChI=1S/C24H36O3/c1-2-3-4-5-6-7-8-9-10-11-12-13-14-15-16-18-21(25)24-22(26)19-17-20-23(24)27/h3-4,6-7,9-10,24H,2,5,8,11-20H2,1H3/b4-3-,7-6-,10-9-. The van der Waals surface area contributed by atoms with E-state index < -0.39 is 5.92 Å². The molecule has 1 fully saturated rings. The van der Waals surface area contributed by atoms with Gasteiger partial charge in [-0.1, -0.05) is 62.6 Å². The summed E-state index contributed by atoms with van der Waals surface area (Å²) in [5.41, 5.74) is 0. The Bertz CT molecular complexity index is 524. The fourth-order valence-corrected chi connectivity index (χ4v) is 3.33. The van der Waals surface area contributed by atoms with Crippen LogP contribution in [0.5, 0.6) is 0 Å². The fourth-order valence-electron chi connectivity index (χ4n) is 3.33. The average molecular weight is 373 g/mol. The molecular formula is C24H36O3. The van der Waals surface area contributed by atoms with Gasteiger partial charge in [0.1, 0.15) is 5.92 Å². The van der Waals surface area contributed by atoms with E-state index in [1.807, 2.05) is 0 Å². The third-order valence-electron chi connectivity index (χ3n) is 4.89.